The van der Waals surface area contributed by atoms with E-state index in [-0.39, 0.29) is 6.61 Å². The highest BCUT2D eigenvalue weighted by molar-refractivity contribution is 6.32. The lowest BCUT2D eigenvalue weighted by Gasteiger charge is -2.05. The predicted octanol–water partition coefficient (Wildman–Crippen LogP) is 1.85. The first-order valence-electron chi connectivity index (χ1n) is 4.90. The largest absolute Gasteiger partial charge is 0.495 e. The minimum Gasteiger partial charge on any atom is -0.495 e. The summed E-state index contributed by atoms with van der Waals surface area (Å²) in [4.78, 5) is 11.1. The first kappa shape index (κ1) is 13.2. The van der Waals surface area contributed by atoms with Crippen molar-refractivity contribution in [3.63, 3.8) is 0 Å². The molecule has 0 saturated carbocycles. The van der Waals surface area contributed by atoms with E-state index in [2.05, 4.69) is 16.6 Å². The molecule has 0 radical (unpaired) electrons. The molecule has 1 rings (SSSR count). The van der Waals surface area contributed by atoms with Crippen LogP contribution in [-0.4, -0.2) is 19.7 Å². The van der Waals surface area contributed by atoms with Gasteiger partial charge in [-0.05, 0) is 19.1 Å². The Morgan fingerprint density at radius 3 is 2.82 bits per heavy atom. The number of carbonyl (C=O) groups excluding carboxylic acids is 1. The highest BCUT2D eigenvalue weighted by atomic mass is 35.5. The quantitative estimate of drug-likeness (QED) is 0.496. The van der Waals surface area contributed by atoms with Crippen molar-refractivity contribution >= 4 is 23.3 Å². The van der Waals surface area contributed by atoms with Gasteiger partial charge in [0.15, 0.2) is 0 Å². The van der Waals surface area contributed by atoms with E-state index in [4.69, 9.17) is 22.1 Å². The number of anilines is 1. The summed E-state index contributed by atoms with van der Waals surface area (Å²) in [5, 5.41) is 0.361. The van der Waals surface area contributed by atoms with Crippen molar-refractivity contribution in [2.75, 3.05) is 19.5 Å². The van der Waals surface area contributed by atoms with E-state index < -0.39 is 5.97 Å². The van der Waals surface area contributed by atoms with Crippen LogP contribution >= 0.6 is 11.6 Å². The van der Waals surface area contributed by atoms with Crippen molar-refractivity contribution in [2.45, 2.75) is 6.92 Å². The fourth-order valence-corrected chi connectivity index (χ4v) is 1.35. The maximum atomic E-state index is 11.1. The zero-order valence-electron chi connectivity index (χ0n) is 9.54. The highest BCUT2D eigenvalue weighted by Crippen LogP contribution is 2.28. The standard InChI is InChI=1S/C12H12ClNO3/c1-3-17-12(15)5-4-8-6-11(16-2)10(14)7-9(8)13/h6-7H,3,14H2,1-2H3. The zero-order valence-corrected chi connectivity index (χ0v) is 10.3. The third kappa shape index (κ3) is 3.58. The van der Waals surface area contributed by atoms with Gasteiger partial charge in [0.25, 0.3) is 0 Å². The number of halogens is 1. The Labute approximate surface area is 105 Å². The van der Waals surface area contributed by atoms with Crippen molar-refractivity contribution in [2.24, 2.45) is 0 Å². The van der Waals surface area contributed by atoms with Crippen LogP contribution in [0, 0.1) is 11.8 Å². The molecule has 0 bridgehead atoms. The number of hydrogen-bond acceptors (Lipinski definition) is 4. The molecule has 0 amide bonds. The summed E-state index contributed by atoms with van der Waals surface area (Å²) in [5.41, 5.74) is 6.53. The van der Waals surface area contributed by atoms with Crippen LogP contribution in [0.4, 0.5) is 5.69 Å². The average Bonchev–Trinajstić information content (AvgIpc) is 2.28. The Morgan fingerprint density at radius 2 is 2.24 bits per heavy atom. The summed E-state index contributed by atoms with van der Waals surface area (Å²) >= 11 is 5.93. The van der Waals surface area contributed by atoms with Crippen LogP contribution in [0.25, 0.3) is 0 Å². The van der Waals surface area contributed by atoms with Gasteiger partial charge in [-0.2, -0.15) is 0 Å². The number of nitrogens with two attached hydrogens (primary N) is 1. The maximum absolute atomic E-state index is 11.1. The smallest absolute Gasteiger partial charge is 0.384 e. The van der Waals surface area contributed by atoms with Gasteiger partial charge >= 0.3 is 5.97 Å². The Bertz CT molecular complexity index is 489. The molecule has 0 unspecified atom stereocenters. The second-order valence-electron chi connectivity index (χ2n) is 3.04. The number of nitrogen functional groups attached to an aromatic ring is 1. The Hall–Kier alpha value is -1.86. The van der Waals surface area contributed by atoms with Gasteiger partial charge in [0.05, 0.1) is 24.4 Å². The second kappa shape index (κ2) is 6.02. The van der Waals surface area contributed by atoms with E-state index in [0.717, 1.165) is 0 Å². The predicted molar refractivity (Wildman–Crippen MR) is 65.9 cm³/mol. The van der Waals surface area contributed by atoms with Crippen molar-refractivity contribution in [3.8, 4) is 17.6 Å². The summed E-state index contributed by atoms with van der Waals surface area (Å²) in [6, 6.07) is 3.10. The van der Waals surface area contributed by atoms with Crippen LogP contribution < -0.4 is 10.5 Å². The van der Waals surface area contributed by atoms with Crippen molar-refractivity contribution in [3.05, 3.63) is 22.7 Å². The fraction of sp³-hybridized carbons (Fsp3) is 0.250. The van der Waals surface area contributed by atoms with Crippen LogP contribution in [-0.2, 0) is 9.53 Å². The molecule has 2 N–H and O–H groups in total. The summed E-state index contributed by atoms with van der Waals surface area (Å²) < 4.78 is 9.70. The molecule has 0 aliphatic rings. The number of hydrogen-bond donors (Lipinski definition) is 1. The lowest BCUT2D eigenvalue weighted by molar-refractivity contribution is -0.136. The number of ether oxygens (including phenoxy) is 2. The lowest BCUT2D eigenvalue weighted by atomic mass is 10.2. The van der Waals surface area contributed by atoms with Gasteiger partial charge in [-0.25, -0.2) is 4.79 Å². The summed E-state index contributed by atoms with van der Waals surface area (Å²) in [5.74, 6) is 4.79. The summed E-state index contributed by atoms with van der Waals surface area (Å²) in [6.07, 6.45) is 0. The van der Waals surface area contributed by atoms with Gasteiger partial charge in [0.1, 0.15) is 5.75 Å². The lowest BCUT2D eigenvalue weighted by Crippen LogP contribution is -2.00. The van der Waals surface area contributed by atoms with Crippen LogP contribution in [0.2, 0.25) is 5.02 Å². The molecule has 0 saturated heterocycles. The van der Waals surface area contributed by atoms with Gasteiger partial charge in [-0.1, -0.05) is 17.5 Å². The van der Waals surface area contributed by atoms with E-state index in [1.165, 1.54) is 13.2 Å². The Balaban J connectivity index is 3.02. The molecule has 0 aromatic heterocycles. The van der Waals surface area contributed by atoms with E-state index >= 15 is 0 Å². The zero-order chi connectivity index (χ0) is 12.8. The van der Waals surface area contributed by atoms with E-state index in [9.17, 15) is 4.79 Å². The Morgan fingerprint density at radius 1 is 1.53 bits per heavy atom. The minimum atomic E-state index is -0.598. The van der Waals surface area contributed by atoms with E-state index in [0.29, 0.717) is 22.0 Å². The van der Waals surface area contributed by atoms with Crippen LogP contribution in [0.5, 0.6) is 5.75 Å². The number of esters is 1. The molecule has 4 nitrogen and oxygen atoms in total. The molecule has 0 fully saturated rings. The molecule has 0 aliphatic heterocycles. The van der Waals surface area contributed by atoms with Gasteiger partial charge in [0.2, 0.25) is 0 Å². The van der Waals surface area contributed by atoms with Gasteiger partial charge in [-0.15, -0.1) is 0 Å². The molecular formula is C12H12ClNO3. The maximum Gasteiger partial charge on any atom is 0.384 e. The number of benzene rings is 1. The van der Waals surface area contributed by atoms with E-state index in [1.807, 2.05) is 0 Å². The van der Waals surface area contributed by atoms with E-state index in [1.54, 1.807) is 13.0 Å². The molecule has 0 atom stereocenters. The van der Waals surface area contributed by atoms with Crippen LogP contribution in [0.3, 0.4) is 0 Å². The topological polar surface area (TPSA) is 61.5 Å². The van der Waals surface area contributed by atoms with Crippen molar-refractivity contribution < 1.29 is 14.3 Å². The third-order valence-electron chi connectivity index (χ3n) is 1.89. The minimum absolute atomic E-state index is 0.284. The van der Waals surface area contributed by atoms with Crippen molar-refractivity contribution in [1.82, 2.24) is 0 Å². The number of methoxy groups -OCH3 is 1. The summed E-state index contributed by atoms with van der Waals surface area (Å²) in [6.45, 7) is 1.99. The number of carbonyl (C=O) groups is 1. The summed E-state index contributed by atoms with van der Waals surface area (Å²) in [7, 11) is 1.49. The van der Waals surface area contributed by atoms with Gasteiger partial charge in [0, 0.05) is 11.5 Å². The van der Waals surface area contributed by atoms with Gasteiger partial charge in [-0.3, -0.25) is 0 Å². The SMILES string of the molecule is CCOC(=O)C#Cc1cc(OC)c(N)cc1Cl. The molecule has 0 spiro atoms. The highest BCUT2D eigenvalue weighted by Gasteiger charge is 2.05. The fourth-order valence-electron chi connectivity index (χ4n) is 1.13. The Kier molecular flexibility index (Phi) is 4.68. The average molecular weight is 254 g/mol. The molecule has 1 aromatic carbocycles. The number of rotatable bonds is 2. The van der Waals surface area contributed by atoms with Crippen molar-refractivity contribution in [1.29, 1.82) is 0 Å². The molecule has 17 heavy (non-hydrogen) atoms. The van der Waals surface area contributed by atoms with Crippen LogP contribution in [0.1, 0.15) is 12.5 Å². The normalized spacial score (nSPS) is 9.12. The first-order valence-corrected chi connectivity index (χ1v) is 5.28. The molecular weight excluding hydrogens is 242 g/mol. The first-order chi connectivity index (χ1) is 8.08. The third-order valence-corrected chi connectivity index (χ3v) is 2.21. The molecule has 5 heteroatoms. The van der Waals surface area contributed by atoms with Crippen LogP contribution in [0.15, 0.2) is 12.1 Å². The molecule has 0 heterocycles. The molecule has 0 aliphatic carbocycles. The second-order valence-corrected chi connectivity index (χ2v) is 3.45. The molecule has 1 aromatic rings. The molecule has 90 valence electrons. The van der Waals surface area contributed by atoms with Gasteiger partial charge < -0.3 is 15.2 Å². The monoisotopic (exact) mass is 253 g/mol.